The maximum absolute atomic E-state index is 15.2. The van der Waals surface area contributed by atoms with Gasteiger partial charge in [0.05, 0.1) is 29.5 Å². The molecule has 14 heteroatoms. The van der Waals surface area contributed by atoms with E-state index in [1.807, 2.05) is 42.1 Å². The number of aryl methyl sites for hydroxylation is 2. The van der Waals surface area contributed by atoms with Crippen LogP contribution in [-0.4, -0.2) is 75.8 Å². The lowest BCUT2D eigenvalue weighted by Crippen LogP contribution is -2.54. The Bertz CT molecular complexity index is 2520. The van der Waals surface area contributed by atoms with Gasteiger partial charge >= 0.3 is 0 Å². The number of hydrogen-bond donors (Lipinski definition) is 1. The zero-order chi connectivity index (χ0) is 41.2. The Morgan fingerprint density at radius 1 is 0.917 bits per heavy atom. The zero-order valence-electron chi connectivity index (χ0n) is 34.1. The molecule has 0 bridgehead atoms. The van der Waals surface area contributed by atoms with E-state index in [-0.39, 0.29) is 35.1 Å². The maximum atomic E-state index is 15.2. The summed E-state index contributed by atoms with van der Waals surface area (Å²) in [5, 5.41) is 8.79. The Labute approximate surface area is 347 Å². The van der Waals surface area contributed by atoms with Crippen LogP contribution in [0.3, 0.4) is 0 Å². The van der Waals surface area contributed by atoms with Gasteiger partial charge in [0.15, 0.2) is 11.6 Å². The van der Waals surface area contributed by atoms with E-state index in [0.29, 0.717) is 44.5 Å². The Balaban J connectivity index is 0.968. The van der Waals surface area contributed by atoms with Gasteiger partial charge in [-0.1, -0.05) is 6.07 Å². The summed E-state index contributed by atoms with van der Waals surface area (Å²) in [7, 11) is 1.93. The number of nitrogens with zero attached hydrogens (tertiary/aromatic N) is 7. The molecular weight excluding hydrogens is 767 g/mol. The maximum Gasteiger partial charge on any atom is 0.264 e. The highest BCUT2D eigenvalue weighted by Gasteiger charge is 2.38. The number of halogens is 2. The first kappa shape index (κ1) is 38.4. The molecule has 2 amide bonds. The number of piperidine rings is 2. The van der Waals surface area contributed by atoms with Crippen LogP contribution in [0.2, 0.25) is 0 Å². The smallest absolute Gasteiger partial charge is 0.264 e. The molecule has 1 aliphatic carbocycles. The molecule has 2 unspecified atom stereocenters. The van der Waals surface area contributed by atoms with Crippen molar-refractivity contribution in [2.75, 3.05) is 47.5 Å². The van der Waals surface area contributed by atoms with Crippen LogP contribution < -0.4 is 24.8 Å². The lowest BCUT2D eigenvalue weighted by molar-refractivity contribution is -0.134. The summed E-state index contributed by atoms with van der Waals surface area (Å²) in [6.07, 6.45) is 9.76. The lowest BCUT2D eigenvalue weighted by atomic mass is 9.91. The molecule has 1 N–H and O–H groups in total. The summed E-state index contributed by atoms with van der Waals surface area (Å²) in [6, 6.07) is 11.4. The number of rotatable bonds is 7. The third-order valence-electron chi connectivity index (χ3n) is 13.7. The number of hydrogen-bond acceptors (Lipinski definition) is 9. The number of ketones is 1. The number of imide groups is 1. The minimum absolute atomic E-state index is 0.00106. The van der Waals surface area contributed by atoms with Gasteiger partial charge in [0.2, 0.25) is 11.8 Å². The number of fused-ring (bicyclic) bond motifs is 4. The minimum Gasteiger partial charge on any atom is -0.487 e. The molecule has 2 aromatic carbocycles. The molecule has 7 heterocycles. The summed E-state index contributed by atoms with van der Waals surface area (Å²) in [4.78, 5) is 48.5. The first-order chi connectivity index (χ1) is 29.1. The molecule has 2 fully saturated rings. The molecule has 5 aromatic rings. The number of para-hydroxylation sites is 1. The fourth-order valence-corrected chi connectivity index (χ4v) is 10.6. The second-order valence-electron chi connectivity index (χ2n) is 17.1. The van der Waals surface area contributed by atoms with Crippen molar-refractivity contribution in [2.45, 2.75) is 89.6 Å². The van der Waals surface area contributed by atoms with Gasteiger partial charge in [-0.2, -0.15) is 5.10 Å². The van der Waals surface area contributed by atoms with E-state index in [2.05, 4.69) is 35.7 Å². The molecule has 312 valence electrons. The van der Waals surface area contributed by atoms with E-state index in [1.165, 1.54) is 0 Å². The van der Waals surface area contributed by atoms with Crippen LogP contribution in [0.5, 0.6) is 5.75 Å². The minimum atomic E-state index is -2.68. The quantitative estimate of drug-likeness (QED) is 0.133. The molecule has 2 atom stereocenters. The van der Waals surface area contributed by atoms with E-state index >= 15 is 8.78 Å². The van der Waals surface area contributed by atoms with Gasteiger partial charge in [-0.25, -0.2) is 8.78 Å². The molecule has 2 saturated heterocycles. The van der Waals surface area contributed by atoms with Gasteiger partial charge in [-0.3, -0.25) is 29.4 Å². The zero-order valence-corrected chi connectivity index (χ0v) is 34.1. The van der Waals surface area contributed by atoms with Gasteiger partial charge in [0.25, 0.3) is 6.43 Å². The molecule has 60 heavy (non-hydrogen) atoms. The molecule has 12 nitrogen and oxygen atoms in total. The second kappa shape index (κ2) is 15.3. The van der Waals surface area contributed by atoms with E-state index < -0.39 is 12.5 Å². The third kappa shape index (κ3) is 6.58. The molecule has 5 aliphatic rings. The van der Waals surface area contributed by atoms with Gasteiger partial charge in [-0.05, 0) is 106 Å². The van der Waals surface area contributed by atoms with Crippen LogP contribution >= 0.6 is 0 Å². The van der Waals surface area contributed by atoms with Gasteiger partial charge in [-0.15, -0.1) is 0 Å². The number of carbonyl (C=O) groups excluding carboxylic acids is 3. The van der Waals surface area contributed by atoms with Crippen LogP contribution in [0.15, 0.2) is 55.0 Å². The topological polar surface area (TPSA) is 118 Å². The molecular formula is C46H50F2N8O4. The van der Waals surface area contributed by atoms with Crippen LogP contribution in [0.25, 0.3) is 22.0 Å². The molecule has 3 aromatic heterocycles. The molecule has 10 rings (SSSR count). The lowest BCUT2D eigenvalue weighted by Gasteiger charge is -2.41. The summed E-state index contributed by atoms with van der Waals surface area (Å²) in [6.45, 7) is 4.90. The Morgan fingerprint density at radius 3 is 2.53 bits per heavy atom. The fourth-order valence-electron chi connectivity index (χ4n) is 10.6. The number of aromatic nitrogens is 4. The first-order valence-electron chi connectivity index (χ1n) is 21.5. The Hall–Kier alpha value is -5.79. The number of amides is 2. The van der Waals surface area contributed by atoms with Crippen LogP contribution in [0, 0.1) is 5.92 Å². The SMILES string of the molecule is CC(=O)C1CCc2c(N3CCCc4cc(-c5cn(C)c6ccncc56)c(C(F)F)cc43)nn(C3CCN(c4cccc5c4OCCN5C4CCC(=O)NC4=O)CC3)c2CC1. The predicted octanol–water partition coefficient (Wildman–Crippen LogP) is 7.39. The summed E-state index contributed by atoms with van der Waals surface area (Å²) < 4.78 is 40.8. The average Bonchev–Trinajstić information content (AvgIpc) is 3.70. The number of nitrogens with one attached hydrogen (secondary N) is 1. The largest absolute Gasteiger partial charge is 0.487 e. The number of alkyl halides is 2. The highest BCUT2D eigenvalue weighted by atomic mass is 19.3. The molecule has 0 spiro atoms. The first-order valence-corrected chi connectivity index (χ1v) is 21.5. The van der Waals surface area contributed by atoms with Gasteiger partial charge in [0, 0.05) is 91.1 Å². The average molecular weight is 817 g/mol. The van der Waals surface area contributed by atoms with Crippen molar-refractivity contribution in [1.29, 1.82) is 0 Å². The second-order valence-corrected chi connectivity index (χ2v) is 17.1. The Kier molecular flexibility index (Phi) is 9.83. The predicted molar refractivity (Wildman–Crippen MR) is 225 cm³/mol. The molecule has 0 radical (unpaired) electrons. The van der Waals surface area contributed by atoms with Crippen molar-refractivity contribution in [3.8, 4) is 16.9 Å². The van der Waals surface area contributed by atoms with Gasteiger partial charge < -0.3 is 24.0 Å². The van der Waals surface area contributed by atoms with Gasteiger partial charge in [0.1, 0.15) is 18.4 Å². The highest BCUT2D eigenvalue weighted by molar-refractivity contribution is 6.02. The van der Waals surface area contributed by atoms with E-state index in [9.17, 15) is 14.4 Å². The van der Waals surface area contributed by atoms with Crippen molar-refractivity contribution in [2.24, 2.45) is 13.0 Å². The van der Waals surface area contributed by atoms with E-state index in [0.717, 1.165) is 120 Å². The summed E-state index contributed by atoms with van der Waals surface area (Å²) >= 11 is 0. The summed E-state index contributed by atoms with van der Waals surface area (Å²) in [5.41, 5.74) is 8.20. The number of Topliss-reactive ketones (excluding diaryl/α,β-unsaturated/α-hetero) is 1. The van der Waals surface area contributed by atoms with Crippen LogP contribution in [0.1, 0.15) is 86.7 Å². The monoisotopic (exact) mass is 816 g/mol. The highest BCUT2D eigenvalue weighted by Crippen LogP contribution is 2.47. The number of anilines is 4. The number of carbonyl (C=O) groups is 3. The van der Waals surface area contributed by atoms with E-state index in [1.54, 1.807) is 25.4 Å². The van der Waals surface area contributed by atoms with E-state index in [4.69, 9.17) is 9.84 Å². The normalized spacial score (nSPS) is 21.1. The van der Waals surface area contributed by atoms with Crippen molar-refractivity contribution < 1.29 is 27.9 Å². The molecule has 0 saturated carbocycles. The standard InChI is InChI=1S/C46H50F2N8O4/c1-27(57)28-8-10-31-37(11-9-28)56(30-15-19-53(20-16-30)38-6-3-7-39-43(38)60-22-21-54(39)40-12-13-42(58)50-46(40)59)51-45(31)55-18-4-5-29-23-32(33(44(47)48)24-41(29)55)35-26-52(2)36-14-17-49-25-34(35)36/h3,6-7,14,17,23-26,28,30,40,44H,4-5,8-13,15-16,18-22H2,1-2H3,(H,50,58,59). The van der Waals surface area contributed by atoms with Crippen LogP contribution in [0.4, 0.5) is 31.7 Å². The van der Waals surface area contributed by atoms with Crippen molar-refractivity contribution in [3.63, 3.8) is 0 Å². The van der Waals surface area contributed by atoms with Crippen LogP contribution in [-0.2, 0) is 40.7 Å². The van der Waals surface area contributed by atoms with Crippen molar-refractivity contribution in [3.05, 3.63) is 77.4 Å². The number of pyridine rings is 1. The van der Waals surface area contributed by atoms with Crippen molar-refractivity contribution in [1.82, 2.24) is 24.6 Å². The fraction of sp³-hybridized carbons (Fsp3) is 0.457. The number of ether oxygens (including phenoxy) is 1. The third-order valence-corrected chi connectivity index (χ3v) is 13.7. The van der Waals surface area contributed by atoms with Crippen molar-refractivity contribution >= 4 is 51.4 Å². The number of benzene rings is 2. The Morgan fingerprint density at radius 2 is 1.73 bits per heavy atom. The summed E-state index contributed by atoms with van der Waals surface area (Å²) in [5.74, 6) is 1.29. The molecule has 4 aliphatic heterocycles.